The average molecular weight is 239 g/mol. The molecule has 4 heteroatoms. The van der Waals surface area contributed by atoms with Crippen molar-refractivity contribution in [3.05, 3.63) is 29.8 Å². The second-order valence-corrected chi connectivity index (χ2v) is 4.03. The number of hydrogen-bond acceptors (Lipinski definition) is 3. The molecule has 2 aliphatic heterocycles. The molecule has 0 fully saturated rings. The molecular weight excluding hydrogens is 224 g/mol. The number of hydrogen-bond donors (Lipinski definition) is 1. The Balaban J connectivity index is 0.000000963. The normalized spacial score (nSPS) is 26.2. The zero-order valence-corrected chi connectivity index (χ0v) is 9.96. The molecule has 2 unspecified atom stereocenters. The molecule has 0 bridgehead atoms. The number of amidine groups is 1. The Morgan fingerprint density at radius 2 is 2.19 bits per heavy atom. The molecule has 0 amide bonds. The molecule has 0 saturated carbocycles. The first-order chi connectivity index (χ1) is 7.36. The van der Waals surface area contributed by atoms with Crippen LogP contribution in [0.4, 0.5) is 0 Å². The van der Waals surface area contributed by atoms with E-state index in [2.05, 4.69) is 29.4 Å². The van der Waals surface area contributed by atoms with Gasteiger partial charge in [0.05, 0.1) is 12.5 Å². The third-order valence-corrected chi connectivity index (χ3v) is 3.03. The van der Waals surface area contributed by atoms with Gasteiger partial charge in [-0.3, -0.25) is 4.99 Å². The van der Waals surface area contributed by atoms with Crippen LogP contribution in [0.5, 0.6) is 5.75 Å². The molecule has 16 heavy (non-hydrogen) atoms. The molecule has 86 valence electrons. The van der Waals surface area contributed by atoms with Gasteiger partial charge in [0.25, 0.3) is 0 Å². The summed E-state index contributed by atoms with van der Waals surface area (Å²) >= 11 is 0. The van der Waals surface area contributed by atoms with Crippen LogP contribution in [0.1, 0.15) is 18.4 Å². The molecule has 2 atom stereocenters. The summed E-state index contributed by atoms with van der Waals surface area (Å²) in [5.74, 6) is 2.39. The summed E-state index contributed by atoms with van der Waals surface area (Å²) in [5, 5.41) is 3.34. The molecule has 1 N–H and O–H groups in total. The van der Waals surface area contributed by atoms with E-state index in [4.69, 9.17) is 4.74 Å². The molecule has 3 rings (SSSR count). The van der Waals surface area contributed by atoms with Crippen molar-refractivity contribution in [3.63, 3.8) is 0 Å². The topological polar surface area (TPSA) is 33.6 Å². The van der Waals surface area contributed by atoms with Gasteiger partial charge in [0.2, 0.25) is 0 Å². The first-order valence-corrected chi connectivity index (χ1v) is 5.40. The number of aliphatic imine (C=N–C) groups is 1. The van der Waals surface area contributed by atoms with Gasteiger partial charge in [-0.2, -0.15) is 0 Å². The number of nitrogens with zero attached hydrogens (tertiary/aromatic N) is 1. The average Bonchev–Trinajstić information content (AvgIpc) is 2.82. The predicted octanol–water partition coefficient (Wildman–Crippen LogP) is 1.97. The first-order valence-electron chi connectivity index (χ1n) is 5.40. The fraction of sp³-hybridized carbons (Fsp3) is 0.417. The van der Waals surface area contributed by atoms with Crippen LogP contribution in [0.15, 0.2) is 29.3 Å². The largest absolute Gasteiger partial charge is 0.489 e. The number of fused-ring (bicyclic) bond motifs is 1. The minimum absolute atomic E-state index is 0. The van der Waals surface area contributed by atoms with Crippen molar-refractivity contribution in [2.24, 2.45) is 4.99 Å². The lowest BCUT2D eigenvalue weighted by Gasteiger charge is -2.15. The van der Waals surface area contributed by atoms with E-state index in [0.29, 0.717) is 5.92 Å². The molecule has 0 radical (unpaired) electrons. The highest BCUT2D eigenvalue weighted by Gasteiger charge is 2.35. The fourth-order valence-electron chi connectivity index (χ4n) is 2.36. The van der Waals surface area contributed by atoms with Crippen molar-refractivity contribution in [2.45, 2.75) is 18.9 Å². The lowest BCUT2D eigenvalue weighted by Crippen LogP contribution is -2.30. The highest BCUT2D eigenvalue weighted by Crippen LogP contribution is 2.38. The fourth-order valence-corrected chi connectivity index (χ4v) is 2.36. The second kappa shape index (κ2) is 4.34. The van der Waals surface area contributed by atoms with Gasteiger partial charge in [-0.25, -0.2) is 0 Å². The standard InChI is InChI=1S/C12H14N2O.ClH/c1-8-11(12-13-6-7-14-12)9-4-2-3-5-10(9)15-8;/h2-5,8,11H,6-7H2,1H3,(H,13,14);1H. The summed E-state index contributed by atoms with van der Waals surface area (Å²) in [6.07, 6.45) is 0.187. The Morgan fingerprint density at radius 3 is 2.94 bits per heavy atom. The molecule has 0 saturated heterocycles. The van der Waals surface area contributed by atoms with Crippen LogP contribution in [0.25, 0.3) is 0 Å². The lowest BCUT2D eigenvalue weighted by atomic mass is 9.95. The lowest BCUT2D eigenvalue weighted by molar-refractivity contribution is 0.245. The molecule has 1 aromatic carbocycles. The number of ether oxygens (including phenoxy) is 1. The summed E-state index contributed by atoms with van der Waals surface area (Å²) in [6.45, 7) is 3.95. The van der Waals surface area contributed by atoms with E-state index in [1.54, 1.807) is 0 Å². The highest BCUT2D eigenvalue weighted by molar-refractivity contribution is 5.92. The van der Waals surface area contributed by atoms with Crippen molar-refractivity contribution in [3.8, 4) is 5.75 Å². The Hall–Kier alpha value is -1.22. The summed E-state index contributed by atoms with van der Waals surface area (Å²) in [6, 6.07) is 8.23. The van der Waals surface area contributed by atoms with Gasteiger partial charge in [-0.1, -0.05) is 18.2 Å². The maximum absolute atomic E-state index is 5.81. The van der Waals surface area contributed by atoms with Crippen molar-refractivity contribution in [2.75, 3.05) is 13.1 Å². The molecular formula is C12H15ClN2O. The van der Waals surface area contributed by atoms with Gasteiger partial charge >= 0.3 is 0 Å². The maximum Gasteiger partial charge on any atom is 0.123 e. The minimum atomic E-state index is 0. The SMILES string of the molecule is CC1Oc2ccccc2C1C1=NCCN1.Cl. The summed E-state index contributed by atoms with van der Waals surface area (Å²) in [7, 11) is 0. The zero-order chi connectivity index (χ0) is 10.3. The first kappa shape index (κ1) is 11.3. The molecule has 0 aliphatic carbocycles. The Kier molecular flexibility index (Phi) is 3.06. The third-order valence-electron chi connectivity index (χ3n) is 3.03. The van der Waals surface area contributed by atoms with E-state index in [1.807, 2.05) is 12.1 Å². The monoisotopic (exact) mass is 238 g/mol. The van der Waals surface area contributed by atoms with E-state index in [0.717, 1.165) is 24.7 Å². The van der Waals surface area contributed by atoms with E-state index >= 15 is 0 Å². The molecule has 0 aromatic heterocycles. The Labute approximate surface area is 101 Å². The quantitative estimate of drug-likeness (QED) is 0.812. The zero-order valence-electron chi connectivity index (χ0n) is 9.14. The predicted molar refractivity (Wildman–Crippen MR) is 66.8 cm³/mol. The molecule has 2 aliphatic rings. The highest BCUT2D eigenvalue weighted by atomic mass is 35.5. The van der Waals surface area contributed by atoms with E-state index in [1.165, 1.54) is 5.56 Å². The summed E-state index contributed by atoms with van der Waals surface area (Å²) in [4.78, 5) is 4.49. The minimum Gasteiger partial charge on any atom is -0.489 e. The smallest absolute Gasteiger partial charge is 0.123 e. The van der Waals surface area contributed by atoms with Crippen LogP contribution in [0.2, 0.25) is 0 Å². The molecule has 1 aromatic rings. The number of benzene rings is 1. The van der Waals surface area contributed by atoms with Crippen LogP contribution >= 0.6 is 12.4 Å². The number of rotatable bonds is 1. The maximum atomic E-state index is 5.81. The van der Waals surface area contributed by atoms with Crippen LogP contribution < -0.4 is 10.1 Å². The van der Waals surface area contributed by atoms with Crippen molar-refractivity contribution in [1.29, 1.82) is 0 Å². The van der Waals surface area contributed by atoms with Crippen molar-refractivity contribution >= 4 is 18.2 Å². The Morgan fingerprint density at radius 1 is 1.38 bits per heavy atom. The summed E-state index contributed by atoms with van der Waals surface area (Å²) < 4.78 is 5.81. The summed E-state index contributed by atoms with van der Waals surface area (Å²) in [5.41, 5.74) is 1.26. The van der Waals surface area contributed by atoms with Crippen LogP contribution in [-0.4, -0.2) is 25.0 Å². The van der Waals surface area contributed by atoms with Crippen molar-refractivity contribution < 1.29 is 4.74 Å². The molecule has 0 spiro atoms. The third kappa shape index (κ3) is 1.65. The van der Waals surface area contributed by atoms with E-state index in [9.17, 15) is 0 Å². The number of nitrogens with one attached hydrogen (secondary N) is 1. The molecule has 2 heterocycles. The van der Waals surface area contributed by atoms with Crippen LogP contribution in [0.3, 0.4) is 0 Å². The number of para-hydroxylation sites is 1. The van der Waals surface area contributed by atoms with Gasteiger partial charge in [-0.15, -0.1) is 12.4 Å². The van der Waals surface area contributed by atoms with Gasteiger partial charge < -0.3 is 10.1 Å². The van der Waals surface area contributed by atoms with Crippen LogP contribution in [-0.2, 0) is 0 Å². The van der Waals surface area contributed by atoms with Gasteiger partial charge in [0, 0.05) is 12.1 Å². The van der Waals surface area contributed by atoms with E-state index < -0.39 is 0 Å². The Bertz CT molecular complexity index is 419. The number of halogens is 1. The molecule has 3 nitrogen and oxygen atoms in total. The van der Waals surface area contributed by atoms with Gasteiger partial charge in [0.15, 0.2) is 0 Å². The second-order valence-electron chi connectivity index (χ2n) is 4.03. The van der Waals surface area contributed by atoms with Crippen LogP contribution in [0, 0.1) is 0 Å². The van der Waals surface area contributed by atoms with Gasteiger partial charge in [0.1, 0.15) is 17.7 Å². The van der Waals surface area contributed by atoms with Gasteiger partial charge in [-0.05, 0) is 13.0 Å². The van der Waals surface area contributed by atoms with E-state index in [-0.39, 0.29) is 18.5 Å². The van der Waals surface area contributed by atoms with Crippen molar-refractivity contribution in [1.82, 2.24) is 5.32 Å².